The summed E-state index contributed by atoms with van der Waals surface area (Å²) in [6.45, 7) is -0.399. The van der Waals surface area contributed by atoms with Gasteiger partial charge in [0.25, 0.3) is 5.91 Å². The number of nitrogens with two attached hydrogens (primary N) is 1. The highest BCUT2D eigenvalue weighted by Crippen LogP contribution is 2.32. The van der Waals surface area contributed by atoms with Crippen molar-refractivity contribution in [3.63, 3.8) is 0 Å². The van der Waals surface area contributed by atoms with Gasteiger partial charge >= 0.3 is 6.18 Å². The van der Waals surface area contributed by atoms with Crippen molar-refractivity contribution >= 4 is 5.91 Å². The number of nitrogens with zero attached hydrogens (tertiary/aromatic N) is 1. The zero-order valence-electron chi connectivity index (χ0n) is 11.1. The molecule has 2 atom stereocenters. The molecule has 3 nitrogen and oxygen atoms in total. The van der Waals surface area contributed by atoms with E-state index in [4.69, 9.17) is 5.73 Å². The van der Waals surface area contributed by atoms with Crippen molar-refractivity contribution in [1.29, 1.82) is 0 Å². The number of hydrogen-bond acceptors (Lipinski definition) is 2. The van der Waals surface area contributed by atoms with Gasteiger partial charge in [-0.1, -0.05) is 0 Å². The molecular formula is C13H12F6N2O. The molecule has 1 aromatic carbocycles. The number of carbonyl (C=O) groups is 1. The van der Waals surface area contributed by atoms with Gasteiger partial charge in [0, 0.05) is 18.2 Å². The zero-order chi connectivity index (χ0) is 16.7. The van der Waals surface area contributed by atoms with E-state index in [0.717, 1.165) is 0 Å². The second-order valence-electron chi connectivity index (χ2n) is 5.11. The van der Waals surface area contributed by atoms with Crippen LogP contribution in [-0.2, 0) is 0 Å². The van der Waals surface area contributed by atoms with E-state index in [2.05, 4.69) is 0 Å². The summed E-state index contributed by atoms with van der Waals surface area (Å²) in [6, 6.07) is -2.02. The third-order valence-electron chi connectivity index (χ3n) is 3.49. The predicted molar refractivity (Wildman–Crippen MR) is 64.4 cm³/mol. The van der Waals surface area contributed by atoms with Crippen LogP contribution >= 0.6 is 0 Å². The summed E-state index contributed by atoms with van der Waals surface area (Å²) in [5, 5.41) is 0. The normalized spacial score (nSPS) is 22.8. The number of hydrogen-bond donors (Lipinski definition) is 1. The van der Waals surface area contributed by atoms with E-state index in [9.17, 15) is 31.1 Å². The Morgan fingerprint density at radius 3 is 2.18 bits per heavy atom. The number of halogens is 6. The van der Waals surface area contributed by atoms with Gasteiger partial charge in [0.2, 0.25) is 0 Å². The Morgan fingerprint density at radius 1 is 1.14 bits per heavy atom. The molecule has 0 aliphatic carbocycles. The second-order valence-corrected chi connectivity index (χ2v) is 5.11. The quantitative estimate of drug-likeness (QED) is 0.637. The maximum absolute atomic E-state index is 13.1. The molecule has 1 heterocycles. The SMILES string of the molecule is N[C@@H]1CC[C@H](C(F)(F)F)N(C(=O)c2cc(F)c(F)c(F)c2)C1. The summed E-state index contributed by atoms with van der Waals surface area (Å²) in [5.41, 5.74) is 4.87. The smallest absolute Gasteiger partial charge is 0.326 e. The molecule has 1 fully saturated rings. The summed E-state index contributed by atoms with van der Waals surface area (Å²) >= 11 is 0. The average molecular weight is 326 g/mol. The van der Waals surface area contributed by atoms with Crippen LogP contribution in [0.25, 0.3) is 0 Å². The van der Waals surface area contributed by atoms with Crippen molar-refractivity contribution < 1.29 is 31.1 Å². The average Bonchev–Trinajstić information content (AvgIpc) is 2.42. The van der Waals surface area contributed by atoms with Crippen LogP contribution in [0.5, 0.6) is 0 Å². The summed E-state index contributed by atoms with van der Waals surface area (Å²) in [4.78, 5) is 12.6. The summed E-state index contributed by atoms with van der Waals surface area (Å²) in [5.74, 6) is -6.32. The molecule has 1 aliphatic heterocycles. The van der Waals surface area contributed by atoms with E-state index in [0.29, 0.717) is 17.0 Å². The van der Waals surface area contributed by atoms with Crippen molar-refractivity contribution in [2.24, 2.45) is 5.73 Å². The van der Waals surface area contributed by atoms with Crippen LogP contribution < -0.4 is 5.73 Å². The van der Waals surface area contributed by atoms with E-state index in [1.165, 1.54) is 0 Å². The van der Waals surface area contributed by atoms with Crippen LogP contribution in [0.3, 0.4) is 0 Å². The molecule has 2 N–H and O–H groups in total. The Labute approximate surface area is 121 Å². The number of rotatable bonds is 1. The van der Waals surface area contributed by atoms with Gasteiger partial charge in [-0.3, -0.25) is 4.79 Å². The highest BCUT2D eigenvalue weighted by molar-refractivity contribution is 5.94. The van der Waals surface area contributed by atoms with Gasteiger partial charge in [0.1, 0.15) is 6.04 Å². The second kappa shape index (κ2) is 5.79. The maximum atomic E-state index is 13.1. The van der Waals surface area contributed by atoms with Gasteiger partial charge in [0.05, 0.1) is 0 Å². The number of alkyl halides is 3. The molecule has 9 heteroatoms. The minimum Gasteiger partial charge on any atom is -0.326 e. The van der Waals surface area contributed by atoms with Crippen LogP contribution in [-0.4, -0.2) is 35.6 Å². The van der Waals surface area contributed by atoms with Crippen LogP contribution in [0.4, 0.5) is 26.3 Å². The van der Waals surface area contributed by atoms with Crippen molar-refractivity contribution in [3.05, 3.63) is 35.1 Å². The van der Waals surface area contributed by atoms with Gasteiger partial charge in [-0.25, -0.2) is 13.2 Å². The van der Waals surface area contributed by atoms with Crippen molar-refractivity contribution in [1.82, 2.24) is 4.90 Å². The molecule has 0 saturated carbocycles. The third-order valence-corrected chi connectivity index (χ3v) is 3.49. The fourth-order valence-corrected chi connectivity index (χ4v) is 2.41. The van der Waals surface area contributed by atoms with Gasteiger partial charge in [-0.05, 0) is 25.0 Å². The minimum atomic E-state index is -4.69. The molecule has 2 rings (SSSR count). The van der Waals surface area contributed by atoms with Crippen molar-refractivity contribution in [2.75, 3.05) is 6.54 Å². The van der Waals surface area contributed by atoms with Gasteiger partial charge in [-0.2, -0.15) is 13.2 Å². The lowest BCUT2D eigenvalue weighted by atomic mass is 9.97. The Balaban J connectivity index is 2.36. The van der Waals surface area contributed by atoms with Crippen molar-refractivity contribution in [2.45, 2.75) is 31.1 Å². The number of amides is 1. The van der Waals surface area contributed by atoms with Crippen LogP contribution in [0.15, 0.2) is 12.1 Å². The summed E-state index contributed by atoms with van der Waals surface area (Å²) in [7, 11) is 0. The van der Waals surface area contributed by atoms with Gasteiger partial charge < -0.3 is 10.6 Å². The van der Waals surface area contributed by atoms with E-state index in [-0.39, 0.29) is 6.42 Å². The monoisotopic (exact) mass is 326 g/mol. The molecule has 1 aromatic rings. The first kappa shape index (κ1) is 16.6. The maximum Gasteiger partial charge on any atom is 0.408 e. The summed E-state index contributed by atoms with van der Waals surface area (Å²) in [6.07, 6.45) is -5.02. The molecule has 1 amide bonds. The standard InChI is InChI=1S/C13H12F6N2O/c14-8-3-6(4-9(15)11(8)16)12(22)21-5-7(20)1-2-10(21)13(17,18)19/h3-4,7,10H,1-2,5,20H2/t7-,10-/m1/s1. The van der Waals surface area contributed by atoms with E-state index >= 15 is 0 Å². The number of benzene rings is 1. The molecule has 0 aromatic heterocycles. The summed E-state index contributed by atoms with van der Waals surface area (Å²) < 4.78 is 78.1. The molecule has 0 bridgehead atoms. The molecule has 0 radical (unpaired) electrons. The van der Waals surface area contributed by atoms with Crippen LogP contribution in [0, 0.1) is 17.5 Å². The molecule has 1 saturated heterocycles. The Hall–Kier alpha value is -1.77. The lowest BCUT2D eigenvalue weighted by Crippen LogP contribution is -2.56. The molecule has 22 heavy (non-hydrogen) atoms. The number of carbonyl (C=O) groups excluding carboxylic acids is 1. The number of piperidine rings is 1. The molecule has 122 valence electrons. The lowest BCUT2D eigenvalue weighted by molar-refractivity contribution is -0.184. The van der Waals surface area contributed by atoms with Gasteiger partial charge in [-0.15, -0.1) is 0 Å². The Bertz CT molecular complexity index is 565. The van der Waals surface area contributed by atoms with Gasteiger partial charge in [0.15, 0.2) is 17.5 Å². The van der Waals surface area contributed by atoms with E-state index in [1.807, 2.05) is 0 Å². The fourth-order valence-electron chi connectivity index (χ4n) is 2.41. The van der Waals surface area contributed by atoms with Crippen LogP contribution in [0.1, 0.15) is 23.2 Å². The predicted octanol–water partition coefficient (Wildman–Crippen LogP) is 2.60. The topological polar surface area (TPSA) is 46.3 Å². The first-order valence-corrected chi connectivity index (χ1v) is 6.39. The highest BCUT2D eigenvalue weighted by Gasteiger charge is 2.47. The first-order chi connectivity index (χ1) is 10.1. The first-order valence-electron chi connectivity index (χ1n) is 6.39. The third kappa shape index (κ3) is 3.18. The Morgan fingerprint density at radius 2 is 1.68 bits per heavy atom. The molecular weight excluding hydrogens is 314 g/mol. The number of likely N-dealkylation sites (tertiary alicyclic amines) is 1. The van der Waals surface area contributed by atoms with E-state index in [1.54, 1.807) is 0 Å². The minimum absolute atomic E-state index is 0.0695. The zero-order valence-corrected chi connectivity index (χ0v) is 11.1. The fraction of sp³-hybridized carbons (Fsp3) is 0.462. The molecule has 1 aliphatic rings. The molecule has 0 unspecified atom stereocenters. The van der Waals surface area contributed by atoms with Crippen LogP contribution in [0.2, 0.25) is 0 Å². The van der Waals surface area contributed by atoms with E-state index < -0.39 is 60.1 Å². The highest BCUT2D eigenvalue weighted by atomic mass is 19.4. The molecule has 0 spiro atoms. The largest absolute Gasteiger partial charge is 0.408 e. The Kier molecular flexibility index (Phi) is 4.37. The van der Waals surface area contributed by atoms with Crippen molar-refractivity contribution in [3.8, 4) is 0 Å². The lowest BCUT2D eigenvalue weighted by Gasteiger charge is -2.39.